The van der Waals surface area contributed by atoms with E-state index in [2.05, 4.69) is 15.5 Å². The monoisotopic (exact) mass is 237 g/mol. The minimum atomic E-state index is -0.519. The maximum Gasteiger partial charge on any atom is 0.272 e. The number of carbonyl (C=O) groups excluding carboxylic acids is 1. The first-order chi connectivity index (χ1) is 8.15. The van der Waals surface area contributed by atoms with Gasteiger partial charge in [0, 0.05) is 6.07 Å². The summed E-state index contributed by atoms with van der Waals surface area (Å²) in [6.07, 6.45) is 3.55. The van der Waals surface area contributed by atoms with Crippen molar-refractivity contribution in [1.29, 1.82) is 0 Å². The Morgan fingerprint density at radius 1 is 1.47 bits per heavy atom. The fourth-order valence-corrected chi connectivity index (χ4v) is 2.15. The van der Waals surface area contributed by atoms with E-state index in [0.29, 0.717) is 0 Å². The fourth-order valence-electron chi connectivity index (χ4n) is 2.15. The van der Waals surface area contributed by atoms with Crippen LogP contribution in [0.5, 0.6) is 0 Å². The third kappa shape index (κ3) is 2.52. The van der Waals surface area contributed by atoms with Crippen molar-refractivity contribution in [2.45, 2.75) is 31.2 Å². The minimum Gasteiger partial charge on any atom is -0.394 e. The molecule has 1 heterocycles. The van der Waals surface area contributed by atoms with Gasteiger partial charge in [-0.1, -0.05) is 12.8 Å². The molecule has 0 bridgehead atoms. The summed E-state index contributed by atoms with van der Waals surface area (Å²) in [5.41, 5.74) is -0.710. The van der Waals surface area contributed by atoms with Gasteiger partial charge < -0.3 is 10.4 Å². The number of aromatic nitrogens is 2. The van der Waals surface area contributed by atoms with E-state index in [1.165, 1.54) is 12.1 Å². The van der Waals surface area contributed by atoms with Gasteiger partial charge in [0.25, 0.3) is 11.5 Å². The molecule has 0 unspecified atom stereocenters. The lowest BCUT2D eigenvalue weighted by Gasteiger charge is -2.27. The van der Waals surface area contributed by atoms with Crippen LogP contribution in [0, 0.1) is 0 Å². The Bertz CT molecular complexity index is 443. The van der Waals surface area contributed by atoms with Gasteiger partial charge in [-0.2, -0.15) is 5.10 Å². The maximum atomic E-state index is 11.9. The molecule has 1 amide bonds. The summed E-state index contributed by atoms with van der Waals surface area (Å²) in [4.78, 5) is 22.7. The van der Waals surface area contributed by atoms with E-state index in [1.807, 2.05) is 0 Å². The molecule has 1 aromatic rings. The molecular weight excluding hydrogens is 222 g/mol. The summed E-state index contributed by atoms with van der Waals surface area (Å²) in [7, 11) is 0. The number of aliphatic hydroxyl groups excluding tert-OH is 1. The molecule has 6 nitrogen and oxygen atoms in total. The van der Waals surface area contributed by atoms with Crippen LogP contribution >= 0.6 is 0 Å². The zero-order valence-corrected chi connectivity index (χ0v) is 9.40. The van der Waals surface area contributed by atoms with E-state index in [-0.39, 0.29) is 23.8 Å². The van der Waals surface area contributed by atoms with E-state index in [4.69, 9.17) is 0 Å². The van der Waals surface area contributed by atoms with Crippen molar-refractivity contribution in [2.75, 3.05) is 6.61 Å². The largest absolute Gasteiger partial charge is 0.394 e. The van der Waals surface area contributed by atoms with Crippen molar-refractivity contribution in [3.63, 3.8) is 0 Å². The van der Waals surface area contributed by atoms with E-state index in [0.717, 1.165) is 25.7 Å². The lowest BCUT2D eigenvalue weighted by Crippen LogP contribution is -2.49. The molecule has 0 saturated heterocycles. The summed E-state index contributed by atoms with van der Waals surface area (Å²) >= 11 is 0. The van der Waals surface area contributed by atoms with E-state index in [1.54, 1.807) is 0 Å². The van der Waals surface area contributed by atoms with Crippen molar-refractivity contribution in [3.05, 3.63) is 28.2 Å². The van der Waals surface area contributed by atoms with Gasteiger partial charge in [0.05, 0.1) is 12.1 Å². The molecule has 17 heavy (non-hydrogen) atoms. The van der Waals surface area contributed by atoms with Gasteiger partial charge in [0.1, 0.15) is 5.69 Å². The third-order valence-electron chi connectivity index (χ3n) is 3.15. The molecule has 1 aliphatic carbocycles. The van der Waals surface area contributed by atoms with Gasteiger partial charge in [-0.05, 0) is 18.9 Å². The number of aliphatic hydroxyl groups is 1. The second-order valence-corrected chi connectivity index (χ2v) is 4.41. The molecule has 0 spiro atoms. The zero-order chi connectivity index (χ0) is 12.3. The Hall–Kier alpha value is -1.69. The predicted molar refractivity (Wildman–Crippen MR) is 60.6 cm³/mol. The standard InChI is InChI=1S/C11H15N3O3/c15-7-11(5-1-2-6-11)12-10(17)8-3-4-9(16)14-13-8/h3-4,15H,1-2,5-7H2,(H,12,17)(H,14,16). The summed E-state index contributed by atoms with van der Waals surface area (Å²) in [5.74, 6) is -0.364. The highest BCUT2D eigenvalue weighted by Gasteiger charge is 2.35. The molecule has 1 aliphatic rings. The summed E-state index contributed by atoms with van der Waals surface area (Å²) in [6, 6.07) is 2.62. The maximum absolute atomic E-state index is 11.9. The molecule has 3 N–H and O–H groups in total. The van der Waals surface area contributed by atoms with E-state index < -0.39 is 5.54 Å². The van der Waals surface area contributed by atoms with Crippen LogP contribution < -0.4 is 10.9 Å². The van der Waals surface area contributed by atoms with Crippen LogP contribution in [0.3, 0.4) is 0 Å². The van der Waals surface area contributed by atoms with Crippen molar-refractivity contribution < 1.29 is 9.90 Å². The van der Waals surface area contributed by atoms with Gasteiger partial charge in [-0.15, -0.1) is 0 Å². The lowest BCUT2D eigenvalue weighted by atomic mass is 9.99. The number of nitrogens with zero attached hydrogens (tertiary/aromatic N) is 1. The van der Waals surface area contributed by atoms with Gasteiger partial charge in [0.2, 0.25) is 0 Å². The Labute approximate surface area is 98.1 Å². The summed E-state index contributed by atoms with van der Waals surface area (Å²) in [5, 5.41) is 18.0. The van der Waals surface area contributed by atoms with Crippen LogP contribution in [-0.2, 0) is 0 Å². The van der Waals surface area contributed by atoms with Crippen LogP contribution in [0.1, 0.15) is 36.2 Å². The minimum absolute atomic E-state index is 0.0674. The van der Waals surface area contributed by atoms with E-state index >= 15 is 0 Å². The van der Waals surface area contributed by atoms with Crippen LogP contribution in [0.4, 0.5) is 0 Å². The molecule has 2 rings (SSSR count). The predicted octanol–water partition coefficient (Wildman–Crippen LogP) is -0.195. The molecule has 0 aromatic carbocycles. The van der Waals surface area contributed by atoms with Crippen LogP contribution in [0.25, 0.3) is 0 Å². The smallest absolute Gasteiger partial charge is 0.272 e. The SMILES string of the molecule is O=C(NC1(CO)CCCC1)c1ccc(=O)[nH]n1. The lowest BCUT2D eigenvalue weighted by molar-refractivity contribution is 0.0832. The molecular formula is C11H15N3O3. The molecule has 6 heteroatoms. The zero-order valence-electron chi connectivity index (χ0n) is 9.40. The number of aromatic amines is 1. The number of rotatable bonds is 3. The van der Waals surface area contributed by atoms with Gasteiger partial charge in [-0.3, -0.25) is 9.59 Å². The highest BCUT2D eigenvalue weighted by molar-refractivity contribution is 5.92. The van der Waals surface area contributed by atoms with Crippen LogP contribution in [-0.4, -0.2) is 33.4 Å². The average Bonchev–Trinajstić information content (AvgIpc) is 2.79. The Kier molecular flexibility index (Phi) is 3.23. The number of hydrogen-bond donors (Lipinski definition) is 3. The third-order valence-corrected chi connectivity index (χ3v) is 3.15. The molecule has 0 aliphatic heterocycles. The van der Waals surface area contributed by atoms with Gasteiger partial charge in [0.15, 0.2) is 0 Å². The first-order valence-corrected chi connectivity index (χ1v) is 5.64. The molecule has 92 valence electrons. The van der Waals surface area contributed by atoms with Gasteiger partial charge in [-0.25, -0.2) is 5.10 Å². The fraction of sp³-hybridized carbons (Fsp3) is 0.545. The number of carbonyl (C=O) groups is 1. The van der Waals surface area contributed by atoms with Crippen molar-refractivity contribution >= 4 is 5.91 Å². The molecule has 1 saturated carbocycles. The Morgan fingerprint density at radius 2 is 2.18 bits per heavy atom. The highest BCUT2D eigenvalue weighted by Crippen LogP contribution is 2.29. The normalized spacial score (nSPS) is 17.9. The second-order valence-electron chi connectivity index (χ2n) is 4.41. The molecule has 0 atom stereocenters. The first kappa shape index (κ1) is 11.8. The summed E-state index contributed by atoms with van der Waals surface area (Å²) in [6.45, 7) is -0.0674. The number of amides is 1. The molecule has 0 radical (unpaired) electrons. The number of H-pyrrole nitrogens is 1. The number of hydrogen-bond acceptors (Lipinski definition) is 4. The number of nitrogens with one attached hydrogen (secondary N) is 2. The van der Waals surface area contributed by atoms with Crippen LogP contribution in [0.15, 0.2) is 16.9 Å². The van der Waals surface area contributed by atoms with Crippen molar-refractivity contribution in [2.24, 2.45) is 0 Å². The average molecular weight is 237 g/mol. The van der Waals surface area contributed by atoms with Gasteiger partial charge >= 0.3 is 0 Å². The van der Waals surface area contributed by atoms with Crippen LogP contribution in [0.2, 0.25) is 0 Å². The quantitative estimate of drug-likeness (QED) is 0.678. The van der Waals surface area contributed by atoms with E-state index in [9.17, 15) is 14.7 Å². The first-order valence-electron chi connectivity index (χ1n) is 5.64. The van der Waals surface area contributed by atoms with Crippen molar-refractivity contribution in [3.8, 4) is 0 Å². The summed E-state index contributed by atoms with van der Waals surface area (Å²) < 4.78 is 0. The van der Waals surface area contributed by atoms with Crippen molar-refractivity contribution in [1.82, 2.24) is 15.5 Å². The Balaban J connectivity index is 2.10. The Morgan fingerprint density at radius 3 is 2.71 bits per heavy atom. The molecule has 1 fully saturated rings. The second kappa shape index (κ2) is 4.67. The highest BCUT2D eigenvalue weighted by atomic mass is 16.3. The topological polar surface area (TPSA) is 95.1 Å². The molecule has 1 aromatic heterocycles.